The molecule has 1 N–H and O–H groups in total. The molecular weight excluding hydrogens is 270 g/mol. The number of methoxy groups -OCH3 is 1. The van der Waals surface area contributed by atoms with E-state index in [1.165, 1.54) is 4.90 Å². The van der Waals surface area contributed by atoms with Crippen LogP contribution in [0, 0.1) is 23.7 Å². The SMILES string of the molecule is COc1ccc(C#CCO)cc1CN1C(=O)C2CC2C1=O. The van der Waals surface area contributed by atoms with Gasteiger partial charge in [-0.15, -0.1) is 0 Å². The van der Waals surface area contributed by atoms with E-state index in [2.05, 4.69) is 11.8 Å². The summed E-state index contributed by atoms with van der Waals surface area (Å²) in [6.07, 6.45) is 0.702. The van der Waals surface area contributed by atoms with Gasteiger partial charge in [-0.2, -0.15) is 0 Å². The Morgan fingerprint density at radius 2 is 2.05 bits per heavy atom. The highest BCUT2D eigenvalue weighted by atomic mass is 16.5. The van der Waals surface area contributed by atoms with E-state index in [4.69, 9.17) is 9.84 Å². The van der Waals surface area contributed by atoms with Gasteiger partial charge in [0.1, 0.15) is 12.4 Å². The molecule has 1 aromatic carbocycles. The Bertz CT molecular complexity index is 651. The maximum Gasteiger partial charge on any atom is 0.233 e. The lowest BCUT2D eigenvalue weighted by molar-refractivity contribution is -0.142. The van der Waals surface area contributed by atoms with E-state index in [1.807, 2.05) is 0 Å². The lowest BCUT2D eigenvalue weighted by Crippen LogP contribution is -2.32. The predicted octanol–water partition coefficient (Wildman–Crippen LogP) is 0.544. The van der Waals surface area contributed by atoms with Crippen molar-refractivity contribution in [2.45, 2.75) is 13.0 Å². The molecule has 2 amide bonds. The summed E-state index contributed by atoms with van der Waals surface area (Å²) in [4.78, 5) is 25.3. The number of piperidine rings is 1. The largest absolute Gasteiger partial charge is 0.496 e. The Morgan fingerprint density at radius 1 is 1.33 bits per heavy atom. The number of hydrogen-bond acceptors (Lipinski definition) is 4. The van der Waals surface area contributed by atoms with Crippen molar-refractivity contribution in [1.82, 2.24) is 4.90 Å². The molecule has 2 fully saturated rings. The molecule has 1 aromatic rings. The quantitative estimate of drug-likeness (QED) is 0.650. The normalized spacial score (nSPS) is 22.7. The van der Waals surface area contributed by atoms with Gasteiger partial charge in [0.2, 0.25) is 11.8 Å². The zero-order chi connectivity index (χ0) is 15.0. The molecule has 0 bridgehead atoms. The summed E-state index contributed by atoms with van der Waals surface area (Å²) in [6, 6.07) is 5.31. The number of imide groups is 1. The van der Waals surface area contributed by atoms with Gasteiger partial charge in [-0.05, 0) is 24.6 Å². The van der Waals surface area contributed by atoms with Crippen LogP contribution in [-0.2, 0) is 16.1 Å². The molecule has 1 heterocycles. The fourth-order valence-corrected chi connectivity index (χ4v) is 2.70. The number of ether oxygens (including phenoxy) is 1. The molecule has 2 unspecified atom stereocenters. The number of rotatable bonds is 3. The molecule has 5 heteroatoms. The Balaban J connectivity index is 1.86. The molecule has 0 spiro atoms. The molecule has 2 atom stereocenters. The Morgan fingerprint density at radius 3 is 2.67 bits per heavy atom. The van der Waals surface area contributed by atoms with Gasteiger partial charge in [-0.3, -0.25) is 14.5 Å². The smallest absolute Gasteiger partial charge is 0.233 e. The molecule has 5 nitrogen and oxygen atoms in total. The molecule has 0 aromatic heterocycles. The number of benzene rings is 1. The van der Waals surface area contributed by atoms with Gasteiger partial charge in [0.15, 0.2) is 0 Å². The van der Waals surface area contributed by atoms with Gasteiger partial charge in [0.25, 0.3) is 0 Å². The second kappa shape index (κ2) is 5.23. The van der Waals surface area contributed by atoms with E-state index < -0.39 is 0 Å². The van der Waals surface area contributed by atoms with Crippen LogP contribution in [0.1, 0.15) is 17.5 Å². The summed E-state index contributed by atoms with van der Waals surface area (Å²) >= 11 is 0. The minimum absolute atomic E-state index is 0.0844. The maximum atomic E-state index is 12.0. The topological polar surface area (TPSA) is 66.8 Å². The Hall–Kier alpha value is -2.32. The van der Waals surface area contributed by atoms with Crippen LogP contribution < -0.4 is 4.74 Å². The summed E-state index contributed by atoms with van der Waals surface area (Å²) in [5, 5.41) is 8.74. The van der Waals surface area contributed by atoms with E-state index >= 15 is 0 Å². The van der Waals surface area contributed by atoms with Crippen molar-refractivity contribution in [1.29, 1.82) is 0 Å². The standard InChI is InChI=1S/C16H15NO4/c1-21-14-5-4-10(3-2-6-18)7-11(14)9-17-15(19)12-8-13(12)16(17)20/h4-5,7,12-13,18H,6,8-9H2,1H3. The van der Waals surface area contributed by atoms with Crippen molar-refractivity contribution in [3.63, 3.8) is 0 Å². The number of carbonyl (C=O) groups excluding carboxylic acids is 2. The van der Waals surface area contributed by atoms with Crippen LogP contribution in [-0.4, -0.2) is 35.5 Å². The van der Waals surface area contributed by atoms with Gasteiger partial charge in [-0.25, -0.2) is 0 Å². The molecule has 1 saturated heterocycles. The number of carbonyl (C=O) groups is 2. The van der Waals surface area contributed by atoms with Gasteiger partial charge in [0, 0.05) is 11.1 Å². The Labute approximate surface area is 122 Å². The first kappa shape index (κ1) is 13.7. The van der Waals surface area contributed by atoms with Crippen LogP contribution in [0.4, 0.5) is 0 Å². The Kier molecular flexibility index (Phi) is 3.40. The number of fused-ring (bicyclic) bond motifs is 1. The number of nitrogens with zero attached hydrogens (tertiary/aromatic N) is 1. The number of aliphatic hydroxyl groups excluding tert-OH is 1. The van der Waals surface area contributed by atoms with Crippen LogP contribution >= 0.6 is 0 Å². The first-order valence-corrected chi connectivity index (χ1v) is 6.77. The van der Waals surface area contributed by atoms with E-state index in [1.54, 1.807) is 25.3 Å². The minimum Gasteiger partial charge on any atom is -0.496 e. The molecule has 1 aliphatic heterocycles. The minimum atomic E-state index is -0.214. The van der Waals surface area contributed by atoms with Crippen molar-refractivity contribution >= 4 is 11.8 Å². The van der Waals surface area contributed by atoms with Crippen LogP contribution in [0.5, 0.6) is 5.75 Å². The third kappa shape index (κ3) is 2.39. The number of aliphatic hydroxyl groups is 1. The zero-order valence-electron chi connectivity index (χ0n) is 11.6. The summed E-state index contributed by atoms with van der Waals surface area (Å²) in [6.45, 7) is -0.00367. The lowest BCUT2D eigenvalue weighted by atomic mass is 10.1. The first-order chi connectivity index (χ1) is 10.2. The summed E-state index contributed by atoms with van der Waals surface area (Å²) in [7, 11) is 1.54. The fourth-order valence-electron chi connectivity index (χ4n) is 2.70. The molecule has 1 aliphatic carbocycles. The first-order valence-electron chi connectivity index (χ1n) is 6.77. The highest BCUT2D eigenvalue weighted by molar-refractivity contribution is 6.08. The second-order valence-corrected chi connectivity index (χ2v) is 5.20. The molecule has 108 valence electrons. The maximum absolute atomic E-state index is 12.0. The third-order valence-electron chi connectivity index (χ3n) is 3.88. The molecule has 3 rings (SSSR count). The van der Waals surface area contributed by atoms with Gasteiger partial charge in [0.05, 0.1) is 25.5 Å². The molecule has 21 heavy (non-hydrogen) atoms. The summed E-state index contributed by atoms with van der Waals surface area (Å²) < 4.78 is 5.28. The van der Waals surface area contributed by atoms with Gasteiger partial charge in [-0.1, -0.05) is 11.8 Å². The molecular formula is C16H15NO4. The summed E-state index contributed by atoms with van der Waals surface area (Å²) in [5.74, 6) is 5.63. The van der Waals surface area contributed by atoms with Crippen molar-refractivity contribution in [2.75, 3.05) is 13.7 Å². The number of likely N-dealkylation sites (tertiary alicyclic amines) is 1. The van der Waals surface area contributed by atoms with E-state index in [-0.39, 0.29) is 36.8 Å². The van der Waals surface area contributed by atoms with Crippen molar-refractivity contribution in [3.05, 3.63) is 29.3 Å². The third-order valence-corrected chi connectivity index (χ3v) is 3.88. The van der Waals surface area contributed by atoms with Crippen LogP contribution in [0.15, 0.2) is 18.2 Å². The zero-order valence-corrected chi connectivity index (χ0v) is 11.6. The second-order valence-electron chi connectivity index (χ2n) is 5.20. The van der Waals surface area contributed by atoms with Crippen LogP contribution in [0.25, 0.3) is 0 Å². The highest BCUT2D eigenvalue weighted by Crippen LogP contribution is 2.47. The van der Waals surface area contributed by atoms with Gasteiger partial charge < -0.3 is 9.84 Å². The van der Waals surface area contributed by atoms with Crippen molar-refractivity contribution in [3.8, 4) is 17.6 Å². The number of amides is 2. The fraction of sp³-hybridized carbons (Fsp3) is 0.375. The monoisotopic (exact) mass is 285 g/mol. The molecule has 2 aliphatic rings. The van der Waals surface area contributed by atoms with Crippen LogP contribution in [0.3, 0.4) is 0 Å². The predicted molar refractivity (Wildman–Crippen MR) is 74.1 cm³/mol. The highest BCUT2D eigenvalue weighted by Gasteiger charge is 2.58. The lowest BCUT2D eigenvalue weighted by Gasteiger charge is -2.18. The van der Waals surface area contributed by atoms with E-state index in [0.29, 0.717) is 17.7 Å². The average molecular weight is 285 g/mol. The molecule has 1 saturated carbocycles. The van der Waals surface area contributed by atoms with Crippen LogP contribution in [0.2, 0.25) is 0 Å². The van der Waals surface area contributed by atoms with Crippen molar-refractivity contribution in [2.24, 2.45) is 11.8 Å². The van der Waals surface area contributed by atoms with Crippen molar-refractivity contribution < 1.29 is 19.4 Å². The number of hydrogen-bond donors (Lipinski definition) is 1. The average Bonchev–Trinajstić information content (AvgIpc) is 3.25. The van der Waals surface area contributed by atoms with E-state index in [0.717, 1.165) is 5.56 Å². The molecule has 0 radical (unpaired) electrons. The van der Waals surface area contributed by atoms with Gasteiger partial charge >= 0.3 is 0 Å². The van der Waals surface area contributed by atoms with E-state index in [9.17, 15) is 9.59 Å². The summed E-state index contributed by atoms with van der Waals surface area (Å²) in [5.41, 5.74) is 1.45.